The van der Waals surface area contributed by atoms with Crippen LogP contribution in [0, 0.1) is 0 Å². The lowest BCUT2D eigenvalue weighted by Crippen LogP contribution is -2.20. The van der Waals surface area contributed by atoms with E-state index in [1.807, 2.05) is 0 Å². The SMILES string of the molecule is C[C@H](Cn1cnc2c(N)ncnc21)OC(c1ccccc1)P(=O)(O)O. The molecule has 0 aliphatic carbocycles. The number of aromatic nitrogens is 4. The van der Waals surface area contributed by atoms with Crippen molar-refractivity contribution in [1.82, 2.24) is 19.5 Å². The van der Waals surface area contributed by atoms with Crippen molar-refractivity contribution in [2.45, 2.75) is 25.4 Å². The largest absolute Gasteiger partial charge is 0.382 e. The Morgan fingerprint density at radius 2 is 1.96 bits per heavy atom. The molecule has 2 aromatic heterocycles. The van der Waals surface area contributed by atoms with Crippen molar-refractivity contribution in [3.63, 3.8) is 0 Å². The van der Waals surface area contributed by atoms with Crippen molar-refractivity contribution in [2.75, 3.05) is 5.73 Å². The van der Waals surface area contributed by atoms with E-state index in [4.69, 9.17) is 10.5 Å². The number of fused-ring (bicyclic) bond motifs is 1. The average Bonchev–Trinajstić information content (AvgIpc) is 2.97. The molecule has 2 atom stereocenters. The molecule has 1 aromatic carbocycles. The van der Waals surface area contributed by atoms with E-state index in [1.54, 1.807) is 48.1 Å². The maximum Gasteiger partial charge on any atom is 0.358 e. The molecule has 2 heterocycles. The van der Waals surface area contributed by atoms with Crippen LogP contribution in [-0.2, 0) is 15.8 Å². The highest BCUT2D eigenvalue weighted by molar-refractivity contribution is 7.52. The van der Waals surface area contributed by atoms with Gasteiger partial charge in [-0.15, -0.1) is 0 Å². The molecule has 3 aromatic rings. The number of hydrogen-bond donors (Lipinski definition) is 3. The first-order valence-corrected chi connectivity index (χ1v) is 9.21. The molecule has 9 nitrogen and oxygen atoms in total. The summed E-state index contributed by atoms with van der Waals surface area (Å²) in [5, 5.41) is 0. The van der Waals surface area contributed by atoms with E-state index in [1.165, 1.54) is 6.33 Å². The number of nitrogens with zero attached hydrogens (tertiary/aromatic N) is 4. The van der Waals surface area contributed by atoms with Crippen molar-refractivity contribution in [1.29, 1.82) is 0 Å². The quantitative estimate of drug-likeness (QED) is 0.563. The van der Waals surface area contributed by atoms with E-state index >= 15 is 0 Å². The minimum atomic E-state index is -4.49. The van der Waals surface area contributed by atoms with Gasteiger partial charge >= 0.3 is 7.60 Å². The fourth-order valence-corrected chi connectivity index (χ4v) is 3.47. The minimum Gasteiger partial charge on any atom is -0.382 e. The molecule has 0 amide bonds. The number of imidazole rings is 1. The highest BCUT2D eigenvalue weighted by Gasteiger charge is 2.33. The third kappa shape index (κ3) is 3.85. The molecule has 10 heteroatoms. The van der Waals surface area contributed by atoms with Crippen molar-refractivity contribution in [3.05, 3.63) is 48.5 Å². The van der Waals surface area contributed by atoms with Gasteiger partial charge in [-0.3, -0.25) is 4.57 Å². The fourth-order valence-electron chi connectivity index (χ4n) is 2.54. The Morgan fingerprint density at radius 3 is 2.64 bits per heavy atom. The first-order valence-electron chi connectivity index (χ1n) is 7.53. The zero-order valence-electron chi connectivity index (χ0n) is 13.4. The van der Waals surface area contributed by atoms with Crippen LogP contribution in [0.1, 0.15) is 18.3 Å². The standard InChI is InChI=1S/C15H18N5O4P/c1-10(7-20-9-19-12-13(16)17-8-18-14(12)20)24-15(25(21,22)23)11-5-3-2-4-6-11/h2-6,8-10,15H,7H2,1H3,(H2,16,17,18)(H2,21,22,23)/t10-,15?/m1/s1. The second-order valence-corrected chi connectivity index (χ2v) is 7.27. The Balaban J connectivity index is 1.81. The van der Waals surface area contributed by atoms with Crippen LogP contribution in [0.2, 0.25) is 0 Å². The molecule has 4 N–H and O–H groups in total. The highest BCUT2D eigenvalue weighted by atomic mass is 31.2. The Bertz CT molecular complexity index is 911. The lowest BCUT2D eigenvalue weighted by Gasteiger charge is -2.24. The molecule has 0 spiro atoms. The Hall–Kier alpha value is -2.32. The number of nitrogens with two attached hydrogens (primary N) is 1. The van der Waals surface area contributed by atoms with Crippen LogP contribution in [-0.4, -0.2) is 35.4 Å². The maximum absolute atomic E-state index is 11.8. The van der Waals surface area contributed by atoms with Gasteiger partial charge < -0.3 is 24.8 Å². The van der Waals surface area contributed by atoms with Crippen molar-refractivity contribution in [2.24, 2.45) is 0 Å². The summed E-state index contributed by atoms with van der Waals surface area (Å²) >= 11 is 0. The van der Waals surface area contributed by atoms with Crippen LogP contribution in [0.4, 0.5) is 5.82 Å². The predicted octanol–water partition coefficient (Wildman–Crippen LogP) is 1.69. The van der Waals surface area contributed by atoms with Crippen molar-refractivity contribution < 1.29 is 19.1 Å². The molecule has 0 saturated carbocycles. The van der Waals surface area contributed by atoms with E-state index < -0.39 is 19.5 Å². The minimum absolute atomic E-state index is 0.273. The van der Waals surface area contributed by atoms with Gasteiger partial charge in [0.2, 0.25) is 0 Å². The van der Waals surface area contributed by atoms with Gasteiger partial charge in [-0.2, -0.15) is 0 Å². The third-order valence-electron chi connectivity index (χ3n) is 3.63. The first-order chi connectivity index (χ1) is 11.9. The van der Waals surface area contributed by atoms with Gasteiger partial charge in [-0.1, -0.05) is 30.3 Å². The zero-order chi connectivity index (χ0) is 18.0. The first kappa shape index (κ1) is 17.5. The Kier molecular flexibility index (Phi) is 4.82. The summed E-state index contributed by atoms with van der Waals surface area (Å²) < 4.78 is 19.2. The highest BCUT2D eigenvalue weighted by Crippen LogP contribution is 2.52. The molecule has 3 rings (SSSR count). The van der Waals surface area contributed by atoms with Crippen LogP contribution in [0.15, 0.2) is 43.0 Å². The van der Waals surface area contributed by atoms with E-state index in [0.29, 0.717) is 23.3 Å². The molecule has 0 aliphatic heterocycles. The van der Waals surface area contributed by atoms with Crippen molar-refractivity contribution in [3.8, 4) is 0 Å². The van der Waals surface area contributed by atoms with Crippen LogP contribution < -0.4 is 5.73 Å². The summed E-state index contributed by atoms with van der Waals surface area (Å²) in [5.74, 6) is -1.06. The van der Waals surface area contributed by atoms with Crippen LogP contribution in [0.5, 0.6) is 0 Å². The third-order valence-corrected chi connectivity index (χ3v) is 4.67. The van der Waals surface area contributed by atoms with Gasteiger partial charge in [0.15, 0.2) is 17.3 Å². The predicted molar refractivity (Wildman–Crippen MR) is 91.5 cm³/mol. The molecule has 0 bridgehead atoms. The summed E-state index contributed by atoms with van der Waals surface area (Å²) in [4.78, 5) is 31.5. The number of hydrogen-bond acceptors (Lipinski definition) is 6. The molecule has 25 heavy (non-hydrogen) atoms. The fraction of sp³-hybridized carbons (Fsp3) is 0.267. The second kappa shape index (κ2) is 6.89. The van der Waals surface area contributed by atoms with Crippen LogP contribution >= 0.6 is 7.60 Å². The van der Waals surface area contributed by atoms with Gasteiger partial charge in [-0.25, -0.2) is 15.0 Å². The molecule has 0 radical (unpaired) electrons. The topological polar surface area (TPSA) is 136 Å². The number of ether oxygens (including phenoxy) is 1. The summed E-state index contributed by atoms with van der Waals surface area (Å²) in [6.45, 7) is 2.03. The molecule has 1 unspecified atom stereocenters. The lowest BCUT2D eigenvalue weighted by molar-refractivity contribution is 0.0181. The van der Waals surface area contributed by atoms with Crippen LogP contribution in [0.3, 0.4) is 0 Å². The number of rotatable bonds is 6. The van der Waals surface area contributed by atoms with Crippen LogP contribution in [0.25, 0.3) is 11.2 Å². The summed E-state index contributed by atoms with van der Waals surface area (Å²) in [6.07, 6.45) is 2.38. The number of anilines is 1. The number of nitrogen functional groups attached to an aromatic ring is 1. The summed E-state index contributed by atoms with van der Waals surface area (Å²) in [7, 11) is -4.49. The smallest absolute Gasteiger partial charge is 0.358 e. The van der Waals surface area contributed by atoms with Gasteiger partial charge in [0.1, 0.15) is 11.8 Å². The Morgan fingerprint density at radius 1 is 1.24 bits per heavy atom. The van der Waals surface area contributed by atoms with E-state index in [0.717, 1.165) is 0 Å². The average molecular weight is 363 g/mol. The molecule has 132 valence electrons. The van der Waals surface area contributed by atoms with Gasteiger partial charge in [-0.05, 0) is 12.5 Å². The lowest BCUT2D eigenvalue weighted by atomic mass is 10.2. The molecule has 0 fully saturated rings. The van der Waals surface area contributed by atoms with E-state index in [-0.39, 0.29) is 5.82 Å². The zero-order valence-corrected chi connectivity index (χ0v) is 14.3. The normalized spacial score (nSPS) is 14.5. The Labute approximate surface area is 143 Å². The second-order valence-electron chi connectivity index (χ2n) is 5.63. The number of benzene rings is 1. The van der Waals surface area contributed by atoms with E-state index in [2.05, 4.69) is 15.0 Å². The molecular weight excluding hydrogens is 345 g/mol. The van der Waals surface area contributed by atoms with E-state index in [9.17, 15) is 14.4 Å². The molecular formula is C15H18N5O4P. The van der Waals surface area contributed by atoms with Gasteiger partial charge in [0.25, 0.3) is 0 Å². The van der Waals surface area contributed by atoms with Gasteiger partial charge in [0, 0.05) is 0 Å². The molecule has 0 saturated heterocycles. The van der Waals surface area contributed by atoms with Gasteiger partial charge in [0.05, 0.1) is 19.0 Å². The summed E-state index contributed by atoms with van der Waals surface area (Å²) in [5.41, 5.74) is 7.19. The maximum atomic E-state index is 11.8. The van der Waals surface area contributed by atoms with Crippen molar-refractivity contribution >= 4 is 24.6 Å². The molecule has 0 aliphatic rings. The monoisotopic (exact) mass is 363 g/mol. The summed E-state index contributed by atoms with van der Waals surface area (Å²) in [6, 6.07) is 8.42.